The van der Waals surface area contributed by atoms with E-state index in [2.05, 4.69) is 13.0 Å². The van der Waals surface area contributed by atoms with Gasteiger partial charge in [0.05, 0.1) is 0 Å². The SMILES string of the molecule is CC1=CCCCCCCCCCCC(=O)CCC1. The molecule has 0 aliphatic heterocycles. The zero-order valence-corrected chi connectivity index (χ0v) is 12.2. The van der Waals surface area contributed by atoms with E-state index in [1.165, 1.54) is 56.9 Å². The van der Waals surface area contributed by atoms with E-state index in [1.807, 2.05) is 0 Å². The van der Waals surface area contributed by atoms with Crippen LogP contribution in [0.4, 0.5) is 0 Å². The van der Waals surface area contributed by atoms with Gasteiger partial charge in [-0.05, 0) is 39.0 Å². The van der Waals surface area contributed by atoms with Gasteiger partial charge in [-0.2, -0.15) is 0 Å². The first-order valence-electron chi connectivity index (χ1n) is 7.96. The van der Waals surface area contributed by atoms with Gasteiger partial charge in [-0.3, -0.25) is 4.79 Å². The molecule has 104 valence electrons. The first-order chi connectivity index (χ1) is 8.79. The van der Waals surface area contributed by atoms with Crippen molar-refractivity contribution in [3.8, 4) is 0 Å². The van der Waals surface area contributed by atoms with E-state index in [1.54, 1.807) is 0 Å². The second-order valence-electron chi connectivity index (χ2n) is 5.81. The Kier molecular flexibility index (Phi) is 8.89. The molecule has 0 spiro atoms. The van der Waals surface area contributed by atoms with Crippen molar-refractivity contribution in [3.05, 3.63) is 11.6 Å². The van der Waals surface area contributed by atoms with Gasteiger partial charge in [-0.25, -0.2) is 0 Å². The monoisotopic (exact) mass is 250 g/mol. The molecule has 0 aromatic rings. The van der Waals surface area contributed by atoms with E-state index in [4.69, 9.17) is 0 Å². The Morgan fingerprint density at radius 2 is 1.28 bits per heavy atom. The second-order valence-corrected chi connectivity index (χ2v) is 5.81. The molecule has 0 atom stereocenters. The van der Waals surface area contributed by atoms with Gasteiger partial charge >= 0.3 is 0 Å². The van der Waals surface area contributed by atoms with Crippen LogP contribution in [0.1, 0.15) is 90.4 Å². The third kappa shape index (κ3) is 8.49. The third-order valence-electron chi connectivity index (χ3n) is 3.93. The summed E-state index contributed by atoms with van der Waals surface area (Å²) >= 11 is 0. The Bertz CT molecular complexity index is 252. The molecule has 0 aromatic heterocycles. The molecule has 1 nitrogen and oxygen atoms in total. The van der Waals surface area contributed by atoms with Gasteiger partial charge in [-0.15, -0.1) is 0 Å². The molecular formula is C17H30O. The average molecular weight is 250 g/mol. The first-order valence-corrected chi connectivity index (χ1v) is 7.96. The summed E-state index contributed by atoms with van der Waals surface area (Å²) in [6, 6.07) is 0. The Morgan fingerprint density at radius 3 is 2.00 bits per heavy atom. The topological polar surface area (TPSA) is 17.1 Å². The van der Waals surface area contributed by atoms with Crippen molar-refractivity contribution in [2.24, 2.45) is 0 Å². The molecule has 1 heteroatoms. The van der Waals surface area contributed by atoms with E-state index in [0.29, 0.717) is 5.78 Å². The minimum atomic E-state index is 0.481. The number of hydrogen-bond acceptors (Lipinski definition) is 1. The predicted octanol–water partition coefficient (Wildman–Crippen LogP) is 5.59. The minimum absolute atomic E-state index is 0.481. The van der Waals surface area contributed by atoms with Crippen LogP contribution in [0.5, 0.6) is 0 Å². The largest absolute Gasteiger partial charge is 0.300 e. The Balaban J connectivity index is 2.29. The van der Waals surface area contributed by atoms with Gasteiger partial charge < -0.3 is 0 Å². The molecule has 0 radical (unpaired) electrons. The van der Waals surface area contributed by atoms with Crippen molar-refractivity contribution in [3.63, 3.8) is 0 Å². The zero-order chi connectivity index (χ0) is 13.1. The zero-order valence-electron chi connectivity index (χ0n) is 12.2. The average Bonchev–Trinajstić information content (AvgIpc) is 2.34. The molecule has 18 heavy (non-hydrogen) atoms. The highest BCUT2D eigenvalue weighted by molar-refractivity contribution is 5.78. The number of ketones is 1. The maximum Gasteiger partial charge on any atom is 0.132 e. The molecule has 0 bridgehead atoms. The molecule has 0 heterocycles. The highest BCUT2D eigenvalue weighted by Gasteiger charge is 2.02. The van der Waals surface area contributed by atoms with Gasteiger partial charge in [0.15, 0.2) is 0 Å². The maximum atomic E-state index is 11.7. The molecule has 1 rings (SSSR count). The summed E-state index contributed by atoms with van der Waals surface area (Å²) in [7, 11) is 0. The van der Waals surface area contributed by atoms with Crippen LogP contribution in [0.2, 0.25) is 0 Å². The molecule has 0 amide bonds. The third-order valence-corrected chi connectivity index (χ3v) is 3.93. The van der Waals surface area contributed by atoms with Crippen LogP contribution in [0, 0.1) is 0 Å². The lowest BCUT2D eigenvalue weighted by molar-refractivity contribution is -0.119. The number of rotatable bonds is 0. The van der Waals surface area contributed by atoms with Crippen molar-refractivity contribution in [2.75, 3.05) is 0 Å². The first kappa shape index (κ1) is 15.5. The van der Waals surface area contributed by atoms with Crippen LogP contribution in [0.3, 0.4) is 0 Å². The number of carbonyl (C=O) groups excluding carboxylic acids is 1. The number of Topliss-reactive ketones (excluding diaryl/α,β-unsaturated/α-hetero) is 1. The molecule has 1 aliphatic rings. The molecule has 0 unspecified atom stereocenters. The summed E-state index contributed by atoms with van der Waals surface area (Å²) < 4.78 is 0. The summed E-state index contributed by atoms with van der Waals surface area (Å²) in [6.07, 6.45) is 18.0. The van der Waals surface area contributed by atoms with Crippen LogP contribution in [-0.4, -0.2) is 5.78 Å². The van der Waals surface area contributed by atoms with Crippen LogP contribution < -0.4 is 0 Å². The molecule has 0 N–H and O–H groups in total. The summed E-state index contributed by atoms with van der Waals surface area (Å²) in [5, 5.41) is 0. The van der Waals surface area contributed by atoms with Crippen molar-refractivity contribution in [1.29, 1.82) is 0 Å². The lowest BCUT2D eigenvalue weighted by Crippen LogP contribution is -1.98. The highest BCUT2D eigenvalue weighted by atomic mass is 16.1. The smallest absolute Gasteiger partial charge is 0.132 e. The van der Waals surface area contributed by atoms with Crippen molar-refractivity contribution in [1.82, 2.24) is 0 Å². The Hall–Kier alpha value is -0.590. The van der Waals surface area contributed by atoms with E-state index >= 15 is 0 Å². The quantitative estimate of drug-likeness (QED) is 0.512. The van der Waals surface area contributed by atoms with Crippen molar-refractivity contribution in [2.45, 2.75) is 90.4 Å². The Labute approximate surface area is 113 Å². The van der Waals surface area contributed by atoms with Gasteiger partial charge in [0.1, 0.15) is 5.78 Å². The standard InChI is InChI=1S/C17H30O/c1-16-12-9-7-5-3-2-4-6-8-10-14-17(18)15-11-13-16/h12H,2-11,13-15H2,1H3. The summed E-state index contributed by atoms with van der Waals surface area (Å²) in [5.74, 6) is 0.481. The molecular weight excluding hydrogens is 220 g/mol. The minimum Gasteiger partial charge on any atom is -0.300 e. The second kappa shape index (κ2) is 10.3. The summed E-state index contributed by atoms with van der Waals surface area (Å²) in [5.41, 5.74) is 1.48. The van der Waals surface area contributed by atoms with Crippen molar-refractivity contribution < 1.29 is 4.79 Å². The van der Waals surface area contributed by atoms with Gasteiger partial charge in [0.2, 0.25) is 0 Å². The van der Waals surface area contributed by atoms with E-state index in [9.17, 15) is 4.79 Å². The maximum absolute atomic E-state index is 11.7. The fraction of sp³-hybridized carbons (Fsp3) is 0.824. The number of carbonyl (C=O) groups is 1. The van der Waals surface area contributed by atoms with Crippen LogP contribution in [0.25, 0.3) is 0 Å². The molecule has 0 fully saturated rings. The highest BCUT2D eigenvalue weighted by Crippen LogP contribution is 2.15. The van der Waals surface area contributed by atoms with E-state index in [-0.39, 0.29) is 0 Å². The number of hydrogen-bond donors (Lipinski definition) is 0. The van der Waals surface area contributed by atoms with Gasteiger partial charge in [0.25, 0.3) is 0 Å². The van der Waals surface area contributed by atoms with E-state index < -0.39 is 0 Å². The summed E-state index contributed by atoms with van der Waals surface area (Å²) in [4.78, 5) is 11.7. The lowest BCUT2D eigenvalue weighted by Gasteiger charge is -2.05. The van der Waals surface area contributed by atoms with Gasteiger partial charge in [0, 0.05) is 12.8 Å². The van der Waals surface area contributed by atoms with Gasteiger partial charge in [-0.1, -0.05) is 50.2 Å². The molecule has 1 aliphatic carbocycles. The van der Waals surface area contributed by atoms with Crippen LogP contribution in [-0.2, 0) is 4.79 Å². The van der Waals surface area contributed by atoms with E-state index in [0.717, 1.165) is 32.1 Å². The lowest BCUT2D eigenvalue weighted by atomic mass is 10.0. The fourth-order valence-corrected chi connectivity index (χ4v) is 2.67. The van der Waals surface area contributed by atoms with Crippen molar-refractivity contribution >= 4 is 5.78 Å². The van der Waals surface area contributed by atoms with Crippen LogP contribution >= 0.6 is 0 Å². The molecule has 0 saturated heterocycles. The molecule has 0 saturated carbocycles. The number of allylic oxidation sites excluding steroid dienone is 2. The predicted molar refractivity (Wildman–Crippen MR) is 78.8 cm³/mol. The molecule has 0 aromatic carbocycles. The summed E-state index contributed by atoms with van der Waals surface area (Å²) in [6.45, 7) is 2.22. The normalized spacial score (nSPS) is 22.5. The Morgan fingerprint density at radius 1 is 0.722 bits per heavy atom. The van der Waals surface area contributed by atoms with Crippen LogP contribution in [0.15, 0.2) is 11.6 Å². The fourth-order valence-electron chi connectivity index (χ4n) is 2.67.